The van der Waals surface area contributed by atoms with E-state index in [9.17, 15) is 14.4 Å². The number of H-pyrrole nitrogens is 1. The van der Waals surface area contributed by atoms with E-state index in [0.29, 0.717) is 23.0 Å². The zero-order chi connectivity index (χ0) is 17.2. The van der Waals surface area contributed by atoms with Crippen molar-refractivity contribution in [3.8, 4) is 0 Å². The standard InChI is InChI=1S/C15H19N3O4S/c1-9(17-23-14(21)22-15(2,3)4)12(19)18-11-8-6-5-7-10(11)16-13(18)20/h5-9,17H,1-4H3,(H,16,20). The summed E-state index contributed by atoms with van der Waals surface area (Å²) >= 11 is 0.691. The van der Waals surface area contributed by atoms with Gasteiger partial charge < -0.3 is 9.72 Å². The Kier molecular flexibility index (Phi) is 4.96. The molecule has 0 aliphatic heterocycles. The van der Waals surface area contributed by atoms with Crippen LogP contribution in [0.2, 0.25) is 0 Å². The maximum Gasteiger partial charge on any atom is 0.383 e. The van der Waals surface area contributed by atoms with E-state index in [2.05, 4.69) is 9.71 Å². The first-order valence-electron chi connectivity index (χ1n) is 7.08. The Morgan fingerprint density at radius 1 is 1.30 bits per heavy atom. The van der Waals surface area contributed by atoms with Gasteiger partial charge in [-0.1, -0.05) is 12.1 Å². The zero-order valence-corrected chi connectivity index (χ0v) is 14.2. The zero-order valence-electron chi connectivity index (χ0n) is 13.4. The van der Waals surface area contributed by atoms with E-state index in [1.54, 1.807) is 52.0 Å². The van der Waals surface area contributed by atoms with Gasteiger partial charge in [0.05, 0.1) is 17.1 Å². The highest BCUT2D eigenvalue weighted by Gasteiger charge is 2.22. The molecule has 0 amide bonds. The monoisotopic (exact) mass is 337 g/mol. The molecule has 1 heterocycles. The SMILES string of the molecule is CC(NSC(=O)OC(C)(C)C)C(=O)n1c(=O)[nH]c2ccccc21. The van der Waals surface area contributed by atoms with Crippen LogP contribution in [0.3, 0.4) is 0 Å². The van der Waals surface area contributed by atoms with Crippen molar-refractivity contribution in [3.05, 3.63) is 34.7 Å². The van der Waals surface area contributed by atoms with E-state index in [-0.39, 0.29) is 0 Å². The maximum atomic E-state index is 12.5. The number of rotatable bonds is 3. The molecule has 0 fully saturated rings. The smallest absolute Gasteiger partial charge is 0.383 e. The molecule has 0 bridgehead atoms. The van der Waals surface area contributed by atoms with Crippen molar-refractivity contribution >= 4 is 34.2 Å². The van der Waals surface area contributed by atoms with E-state index in [4.69, 9.17) is 4.74 Å². The first-order valence-corrected chi connectivity index (χ1v) is 7.90. The average molecular weight is 337 g/mol. The molecule has 2 N–H and O–H groups in total. The molecule has 0 aliphatic rings. The minimum Gasteiger partial charge on any atom is -0.451 e. The van der Waals surface area contributed by atoms with Gasteiger partial charge in [0.15, 0.2) is 0 Å². The highest BCUT2D eigenvalue weighted by Crippen LogP contribution is 2.14. The number of carbonyl (C=O) groups is 2. The second kappa shape index (κ2) is 6.59. The molecule has 1 aromatic carbocycles. The molecule has 1 atom stereocenters. The molecular formula is C15H19N3O4S. The van der Waals surface area contributed by atoms with Crippen LogP contribution in [0.25, 0.3) is 11.0 Å². The number of carbonyl (C=O) groups excluding carboxylic acids is 2. The van der Waals surface area contributed by atoms with Gasteiger partial charge in [-0.3, -0.25) is 4.79 Å². The van der Waals surface area contributed by atoms with Crippen molar-refractivity contribution in [1.29, 1.82) is 0 Å². The number of ether oxygens (including phenoxy) is 1. The van der Waals surface area contributed by atoms with Gasteiger partial charge in [0, 0.05) is 11.9 Å². The maximum absolute atomic E-state index is 12.5. The number of aromatic nitrogens is 2. The number of nitrogens with one attached hydrogen (secondary N) is 2. The molecule has 7 nitrogen and oxygen atoms in total. The summed E-state index contributed by atoms with van der Waals surface area (Å²) in [5.74, 6) is -0.455. The van der Waals surface area contributed by atoms with Crippen LogP contribution < -0.4 is 10.4 Å². The summed E-state index contributed by atoms with van der Waals surface area (Å²) in [6.07, 6.45) is 0. The van der Waals surface area contributed by atoms with Crippen molar-refractivity contribution in [3.63, 3.8) is 0 Å². The molecule has 1 unspecified atom stereocenters. The van der Waals surface area contributed by atoms with E-state index in [1.165, 1.54) is 0 Å². The minimum atomic E-state index is -0.746. The molecule has 1 aromatic heterocycles. The highest BCUT2D eigenvalue weighted by molar-refractivity contribution is 8.11. The fraction of sp³-hybridized carbons (Fsp3) is 0.400. The fourth-order valence-electron chi connectivity index (χ4n) is 1.93. The van der Waals surface area contributed by atoms with Crippen LogP contribution in [0, 0.1) is 0 Å². The van der Waals surface area contributed by atoms with Crippen molar-refractivity contribution in [2.45, 2.75) is 39.3 Å². The molecule has 0 aliphatic carbocycles. The third-order valence-electron chi connectivity index (χ3n) is 2.89. The van der Waals surface area contributed by atoms with Gasteiger partial charge in [0.25, 0.3) is 5.91 Å². The molecule has 23 heavy (non-hydrogen) atoms. The number of imidazole rings is 1. The number of para-hydroxylation sites is 2. The van der Waals surface area contributed by atoms with Crippen molar-refractivity contribution in [1.82, 2.24) is 14.3 Å². The van der Waals surface area contributed by atoms with Crippen molar-refractivity contribution < 1.29 is 14.3 Å². The average Bonchev–Trinajstić information content (AvgIpc) is 2.78. The Morgan fingerprint density at radius 3 is 2.61 bits per heavy atom. The van der Waals surface area contributed by atoms with Gasteiger partial charge in [-0.15, -0.1) is 0 Å². The summed E-state index contributed by atoms with van der Waals surface area (Å²) in [6, 6.07) is 6.16. The van der Waals surface area contributed by atoms with Crippen molar-refractivity contribution in [2.75, 3.05) is 0 Å². The molecule has 124 valence electrons. The second-order valence-electron chi connectivity index (χ2n) is 6.03. The van der Waals surface area contributed by atoms with Crippen LogP contribution in [-0.4, -0.2) is 32.4 Å². The Labute approximate surface area is 137 Å². The van der Waals surface area contributed by atoms with Crippen LogP contribution in [0.5, 0.6) is 0 Å². The molecule has 0 spiro atoms. The van der Waals surface area contributed by atoms with Gasteiger partial charge in [0.1, 0.15) is 5.60 Å². The largest absolute Gasteiger partial charge is 0.451 e. The lowest BCUT2D eigenvalue weighted by molar-refractivity contribution is 0.0736. The molecule has 2 rings (SSSR count). The Morgan fingerprint density at radius 2 is 1.96 bits per heavy atom. The topological polar surface area (TPSA) is 93.2 Å². The lowest BCUT2D eigenvalue weighted by Gasteiger charge is -2.19. The van der Waals surface area contributed by atoms with E-state index < -0.39 is 28.5 Å². The Bertz CT molecular complexity index is 788. The second-order valence-corrected chi connectivity index (χ2v) is 6.80. The summed E-state index contributed by atoms with van der Waals surface area (Å²) < 4.78 is 8.89. The van der Waals surface area contributed by atoms with Crippen LogP contribution in [-0.2, 0) is 4.74 Å². The third-order valence-corrected chi connectivity index (χ3v) is 3.61. The molecule has 0 saturated carbocycles. The predicted molar refractivity (Wildman–Crippen MR) is 89.6 cm³/mol. The van der Waals surface area contributed by atoms with Gasteiger partial charge >= 0.3 is 11.0 Å². The summed E-state index contributed by atoms with van der Waals surface area (Å²) in [4.78, 5) is 38.7. The Hall–Kier alpha value is -2.06. The summed E-state index contributed by atoms with van der Waals surface area (Å²) in [7, 11) is 0. The number of nitrogens with zero attached hydrogens (tertiary/aromatic N) is 1. The predicted octanol–water partition coefficient (Wildman–Crippen LogP) is 2.53. The van der Waals surface area contributed by atoms with Crippen LogP contribution in [0.15, 0.2) is 29.1 Å². The van der Waals surface area contributed by atoms with Crippen LogP contribution in [0.1, 0.15) is 32.5 Å². The van der Waals surface area contributed by atoms with Gasteiger partial charge in [-0.05, 0) is 39.8 Å². The van der Waals surface area contributed by atoms with E-state index >= 15 is 0 Å². The minimum absolute atomic E-state index is 0.455. The van der Waals surface area contributed by atoms with Gasteiger partial charge in [0.2, 0.25) is 0 Å². The van der Waals surface area contributed by atoms with Gasteiger partial charge in [-0.25, -0.2) is 18.9 Å². The van der Waals surface area contributed by atoms with E-state index in [1.807, 2.05) is 0 Å². The normalized spacial score (nSPS) is 13.0. The van der Waals surface area contributed by atoms with Crippen LogP contribution in [0.4, 0.5) is 4.79 Å². The van der Waals surface area contributed by atoms with Gasteiger partial charge in [-0.2, -0.15) is 0 Å². The third kappa shape index (κ3) is 4.23. The quantitative estimate of drug-likeness (QED) is 0.660. The number of benzene rings is 1. The summed E-state index contributed by atoms with van der Waals surface area (Å²) in [6.45, 7) is 6.84. The van der Waals surface area contributed by atoms with Crippen molar-refractivity contribution in [2.24, 2.45) is 0 Å². The lowest BCUT2D eigenvalue weighted by atomic mass is 10.2. The molecule has 8 heteroatoms. The fourth-order valence-corrected chi connectivity index (χ4v) is 2.59. The first kappa shape index (κ1) is 17.3. The molecule has 2 aromatic rings. The lowest BCUT2D eigenvalue weighted by Crippen LogP contribution is -2.39. The molecular weight excluding hydrogens is 318 g/mol. The van der Waals surface area contributed by atoms with Crippen LogP contribution >= 0.6 is 11.9 Å². The molecule has 0 saturated heterocycles. The number of hydrogen-bond donors (Lipinski definition) is 2. The summed E-state index contributed by atoms with van der Waals surface area (Å²) in [5.41, 5.74) is -0.0318. The summed E-state index contributed by atoms with van der Waals surface area (Å²) in [5, 5.41) is -0.538. The first-order chi connectivity index (χ1) is 10.7. The number of hydrogen-bond acceptors (Lipinski definition) is 6. The van der Waals surface area contributed by atoms with E-state index in [0.717, 1.165) is 4.57 Å². The number of fused-ring (bicyclic) bond motifs is 1. The molecule has 0 radical (unpaired) electrons. The number of aromatic amines is 1. The Balaban J connectivity index is 2.09. The highest BCUT2D eigenvalue weighted by atomic mass is 32.2.